The highest BCUT2D eigenvalue weighted by molar-refractivity contribution is 6.50. The van der Waals surface area contributed by atoms with E-state index < -0.39 is 0 Å². The number of hydrogen-bond donors (Lipinski definition) is 1. The lowest BCUT2D eigenvalue weighted by atomic mass is 9.95. The Morgan fingerprint density at radius 2 is 1.79 bits per heavy atom. The van der Waals surface area contributed by atoms with Crippen LogP contribution in [0.5, 0.6) is 0 Å². The van der Waals surface area contributed by atoms with Crippen LogP contribution < -0.4 is 5.32 Å². The zero-order chi connectivity index (χ0) is 23.6. The summed E-state index contributed by atoms with van der Waals surface area (Å²) in [5, 5.41) is 4.69. The fraction of sp³-hybridized carbons (Fsp3) is 0.286. The average Bonchev–Trinajstić information content (AvgIpc) is 3.43. The third-order valence-electron chi connectivity index (χ3n) is 7.26. The number of aryl methyl sites for hydroxylation is 2. The first-order valence-electron chi connectivity index (χ1n) is 11.8. The zero-order valence-electron chi connectivity index (χ0n) is 19.8. The number of carbonyl (C=O) groups is 2. The van der Waals surface area contributed by atoms with Gasteiger partial charge < -0.3 is 14.0 Å². The van der Waals surface area contributed by atoms with Gasteiger partial charge in [0.15, 0.2) is 0 Å². The van der Waals surface area contributed by atoms with Gasteiger partial charge in [-0.15, -0.1) is 0 Å². The zero-order valence-corrected chi connectivity index (χ0v) is 19.8. The molecule has 0 fully saturated rings. The Morgan fingerprint density at radius 1 is 1.00 bits per heavy atom. The van der Waals surface area contributed by atoms with Crippen LogP contribution in [0.3, 0.4) is 0 Å². The van der Waals surface area contributed by atoms with E-state index in [2.05, 4.69) is 47.1 Å². The molecule has 0 saturated carbocycles. The number of para-hydroxylation sites is 1. The van der Waals surface area contributed by atoms with Crippen molar-refractivity contribution in [2.75, 3.05) is 20.6 Å². The monoisotopic (exact) mass is 452 g/mol. The molecule has 2 aromatic heterocycles. The van der Waals surface area contributed by atoms with Gasteiger partial charge >= 0.3 is 0 Å². The Hall–Kier alpha value is -3.64. The molecular weight excluding hydrogens is 424 g/mol. The molecule has 1 atom stereocenters. The molecule has 2 aliphatic rings. The second kappa shape index (κ2) is 7.71. The molecule has 0 saturated heterocycles. The minimum absolute atomic E-state index is 0.330. The molecule has 4 aromatic rings. The molecule has 0 spiro atoms. The van der Waals surface area contributed by atoms with E-state index in [-0.39, 0.29) is 11.8 Å². The molecule has 0 unspecified atom stereocenters. The van der Waals surface area contributed by atoms with Gasteiger partial charge in [-0.1, -0.05) is 30.3 Å². The Bertz CT molecular complexity index is 1520. The largest absolute Gasteiger partial charge is 0.350 e. The van der Waals surface area contributed by atoms with Gasteiger partial charge in [-0.2, -0.15) is 0 Å². The maximum atomic E-state index is 13.0. The van der Waals surface area contributed by atoms with Crippen molar-refractivity contribution in [3.8, 4) is 0 Å². The maximum absolute atomic E-state index is 13.0. The summed E-state index contributed by atoms with van der Waals surface area (Å²) in [6.07, 6.45) is 4.15. The summed E-state index contributed by atoms with van der Waals surface area (Å²) in [5.74, 6) is -0.00546. The molecule has 4 heterocycles. The fourth-order valence-corrected chi connectivity index (χ4v) is 5.81. The molecule has 0 radical (unpaired) electrons. The lowest BCUT2D eigenvalue weighted by Crippen LogP contribution is -2.28. The number of amides is 2. The number of rotatable bonds is 4. The smallest absolute Gasteiger partial charge is 0.259 e. The van der Waals surface area contributed by atoms with E-state index >= 15 is 0 Å². The molecule has 2 aliphatic heterocycles. The topological polar surface area (TPSA) is 59.3 Å². The number of aromatic nitrogens is 2. The predicted octanol–water partition coefficient (Wildman–Crippen LogP) is 3.82. The number of nitrogens with one attached hydrogen (secondary N) is 1. The summed E-state index contributed by atoms with van der Waals surface area (Å²) in [6, 6.07) is 16.4. The van der Waals surface area contributed by atoms with Gasteiger partial charge in [-0.05, 0) is 62.0 Å². The highest BCUT2D eigenvalue weighted by Gasteiger charge is 2.34. The first kappa shape index (κ1) is 20.9. The molecule has 1 N–H and O–H groups in total. The SMILES string of the molecule is CN(C)C[C@H]1CCn2c(cc3ccc(C4=C(c5cn(C)c6ccccc56)C(=O)NC4=O)cc32)C1. The van der Waals surface area contributed by atoms with E-state index in [1.54, 1.807) is 0 Å². The molecule has 6 nitrogen and oxygen atoms in total. The summed E-state index contributed by atoms with van der Waals surface area (Å²) in [7, 11) is 6.22. The second-order valence-corrected chi connectivity index (χ2v) is 9.89. The van der Waals surface area contributed by atoms with Crippen molar-refractivity contribution in [1.29, 1.82) is 0 Å². The van der Waals surface area contributed by atoms with Crippen LogP contribution in [-0.4, -0.2) is 46.5 Å². The normalized spacial score (nSPS) is 18.4. The number of imide groups is 1. The minimum Gasteiger partial charge on any atom is -0.350 e. The van der Waals surface area contributed by atoms with Crippen molar-refractivity contribution in [2.45, 2.75) is 19.4 Å². The Labute approximate surface area is 198 Å². The number of benzene rings is 2. The Balaban J connectivity index is 1.49. The van der Waals surface area contributed by atoms with Crippen molar-refractivity contribution in [3.63, 3.8) is 0 Å². The van der Waals surface area contributed by atoms with Crippen molar-refractivity contribution >= 4 is 44.8 Å². The summed E-state index contributed by atoms with van der Waals surface area (Å²) in [4.78, 5) is 28.3. The minimum atomic E-state index is -0.333. The highest BCUT2D eigenvalue weighted by Crippen LogP contribution is 2.37. The second-order valence-electron chi connectivity index (χ2n) is 9.89. The molecule has 2 amide bonds. The van der Waals surface area contributed by atoms with Gasteiger partial charge in [-0.25, -0.2) is 0 Å². The predicted molar refractivity (Wildman–Crippen MR) is 135 cm³/mol. The van der Waals surface area contributed by atoms with E-state index in [0.717, 1.165) is 53.5 Å². The Morgan fingerprint density at radius 3 is 2.62 bits per heavy atom. The molecule has 6 rings (SSSR count). The standard InChI is InChI=1S/C28H28N4O2/c1-30(2)15-17-10-11-32-20(12-17)13-18-8-9-19(14-24(18)32)25-26(28(34)29-27(25)33)22-16-31(3)23-7-5-4-6-21(22)23/h4-9,13-14,16-17H,10-12,15H2,1-3H3,(H,29,33,34)/t17-/m0/s1. The summed E-state index contributed by atoms with van der Waals surface area (Å²) in [5.41, 5.74) is 6.00. The average molecular weight is 453 g/mol. The summed E-state index contributed by atoms with van der Waals surface area (Å²) < 4.78 is 4.39. The quantitative estimate of drug-likeness (QED) is 0.479. The van der Waals surface area contributed by atoms with Crippen molar-refractivity contribution in [3.05, 3.63) is 71.5 Å². The fourth-order valence-electron chi connectivity index (χ4n) is 5.81. The number of carbonyl (C=O) groups excluding carboxylic acids is 2. The van der Waals surface area contributed by atoms with Crippen LogP contribution in [0.1, 0.15) is 23.2 Å². The van der Waals surface area contributed by atoms with Gasteiger partial charge in [0.05, 0.1) is 11.1 Å². The maximum Gasteiger partial charge on any atom is 0.259 e. The van der Waals surface area contributed by atoms with Crippen molar-refractivity contribution < 1.29 is 9.59 Å². The van der Waals surface area contributed by atoms with E-state index in [9.17, 15) is 9.59 Å². The summed E-state index contributed by atoms with van der Waals surface area (Å²) in [6.45, 7) is 2.07. The molecule has 0 aliphatic carbocycles. The van der Waals surface area contributed by atoms with Crippen molar-refractivity contribution in [1.82, 2.24) is 19.4 Å². The first-order valence-corrected chi connectivity index (χ1v) is 11.8. The molecule has 2 aromatic carbocycles. The van der Waals surface area contributed by atoms with E-state index in [1.165, 1.54) is 11.1 Å². The number of nitrogens with zero attached hydrogens (tertiary/aromatic N) is 3. The van der Waals surface area contributed by atoms with Crippen molar-refractivity contribution in [2.24, 2.45) is 13.0 Å². The summed E-state index contributed by atoms with van der Waals surface area (Å²) >= 11 is 0. The molecule has 6 heteroatoms. The lowest BCUT2D eigenvalue weighted by Gasteiger charge is -2.27. The molecule has 172 valence electrons. The van der Waals surface area contributed by atoms with Crippen LogP contribution in [0, 0.1) is 5.92 Å². The van der Waals surface area contributed by atoms with Crippen LogP contribution in [0.2, 0.25) is 0 Å². The van der Waals surface area contributed by atoms with Gasteiger partial charge in [0, 0.05) is 54.0 Å². The Kier molecular flexibility index (Phi) is 4.74. The number of fused-ring (bicyclic) bond motifs is 4. The third-order valence-corrected chi connectivity index (χ3v) is 7.26. The molecule has 0 bridgehead atoms. The lowest BCUT2D eigenvalue weighted by molar-refractivity contribution is -0.122. The number of hydrogen-bond acceptors (Lipinski definition) is 3. The van der Waals surface area contributed by atoms with Crippen LogP contribution in [0.4, 0.5) is 0 Å². The van der Waals surface area contributed by atoms with Gasteiger partial charge in [0.1, 0.15) is 0 Å². The van der Waals surface area contributed by atoms with Crippen LogP contribution >= 0.6 is 0 Å². The van der Waals surface area contributed by atoms with Gasteiger partial charge in [0.2, 0.25) is 0 Å². The molecule has 34 heavy (non-hydrogen) atoms. The van der Waals surface area contributed by atoms with Crippen LogP contribution in [-0.2, 0) is 29.6 Å². The third kappa shape index (κ3) is 3.21. The van der Waals surface area contributed by atoms with Gasteiger partial charge in [0.25, 0.3) is 11.8 Å². The highest BCUT2D eigenvalue weighted by atomic mass is 16.2. The van der Waals surface area contributed by atoms with E-state index in [4.69, 9.17) is 0 Å². The molecular formula is C28H28N4O2. The first-order chi connectivity index (χ1) is 16.4. The van der Waals surface area contributed by atoms with E-state index in [1.807, 2.05) is 48.1 Å². The van der Waals surface area contributed by atoms with Crippen LogP contribution in [0.15, 0.2) is 54.7 Å². The van der Waals surface area contributed by atoms with Crippen LogP contribution in [0.25, 0.3) is 33.0 Å². The van der Waals surface area contributed by atoms with Gasteiger partial charge in [-0.3, -0.25) is 14.9 Å². The van der Waals surface area contributed by atoms with E-state index in [0.29, 0.717) is 17.1 Å².